The molecule has 2 aliphatic rings. The summed E-state index contributed by atoms with van der Waals surface area (Å²) in [6, 6.07) is 11.6. The summed E-state index contributed by atoms with van der Waals surface area (Å²) < 4.78 is 32.5. The summed E-state index contributed by atoms with van der Waals surface area (Å²) in [6.07, 6.45) is 3.15. The molecule has 2 atom stereocenters. The lowest BCUT2D eigenvalue weighted by Crippen LogP contribution is -2.38. The van der Waals surface area contributed by atoms with Crippen molar-refractivity contribution in [1.82, 2.24) is 9.21 Å². The molecule has 0 spiro atoms. The van der Waals surface area contributed by atoms with E-state index in [1.807, 2.05) is 12.1 Å². The van der Waals surface area contributed by atoms with Gasteiger partial charge in [0.2, 0.25) is 10.0 Å². The monoisotopic (exact) mass is 454 g/mol. The molecule has 1 fully saturated rings. The predicted molar refractivity (Wildman–Crippen MR) is 115 cm³/mol. The number of ether oxygens (including phenoxy) is 1. The largest absolute Gasteiger partial charge is 0.482 e. The normalized spacial score (nSPS) is 22.2. The number of sulfonamides is 1. The van der Waals surface area contributed by atoms with E-state index >= 15 is 0 Å². The van der Waals surface area contributed by atoms with Crippen molar-refractivity contribution in [3.05, 3.63) is 57.6 Å². The third-order valence-electron chi connectivity index (χ3n) is 5.77. The number of nitrogens with zero attached hydrogens (tertiary/aromatic N) is 2. The SMILES string of the molecule is CN(C)S(=O)(=O)c1ccc(O[C@@H]2c3ccccc3C[C@H]2N2CCCC2)c(Cl)c1Cl. The van der Waals surface area contributed by atoms with E-state index in [4.69, 9.17) is 27.9 Å². The number of likely N-dealkylation sites (tertiary alicyclic amines) is 1. The maximum Gasteiger partial charge on any atom is 0.244 e. The van der Waals surface area contributed by atoms with Crippen LogP contribution in [-0.4, -0.2) is 50.8 Å². The van der Waals surface area contributed by atoms with Gasteiger partial charge in [-0.05, 0) is 55.6 Å². The summed E-state index contributed by atoms with van der Waals surface area (Å²) in [7, 11) is -0.777. The van der Waals surface area contributed by atoms with Crippen LogP contribution in [-0.2, 0) is 16.4 Å². The molecular weight excluding hydrogens is 431 g/mol. The number of halogens is 2. The molecule has 0 aromatic heterocycles. The fourth-order valence-electron chi connectivity index (χ4n) is 4.21. The highest BCUT2D eigenvalue weighted by atomic mass is 35.5. The van der Waals surface area contributed by atoms with Crippen molar-refractivity contribution in [2.75, 3.05) is 27.2 Å². The van der Waals surface area contributed by atoms with E-state index in [0.717, 1.165) is 29.4 Å². The lowest BCUT2D eigenvalue weighted by molar-refractivity contribution is 0.0941. The van der Waals surface area contributed by atoms with Gasteiger partial charge >= 0.3 is 0 Å². The van der Waals surface area contributed by atoms with Gasteiger partial charge in [-0.2, -0.15) is 0 Å². The molecular formula is C21H24Cl2N2O3S. The van der Waals surface area contributed by atoms with Gasteiger partial charge in [-0.25, -0.2) is 12.7 Å². The quantitative estimate of drug-likeness (QED) is 0.672. The van der Waals surface area contributed by atoms with E-state index in [-0.39, 0.29) is 27.1 Å². The molecule has 0 saturated carbocycles. The van der Waals surface area contributed by atoms with E-state index in [0.29, 0.717) is 5.75 Å². The van der Waals surface area contributed by atoms with Crippen molar-refractivity contribution in [2.45, 2.75) is 36.3 Å². The van der Waals surface area contributed by atoms with Crippen LogP contribution >= 0.6 is 23.2 Å². The third kappa shape index (κ3) is 3.77. The van der Waals surface area contributed by atoms with Gasteiger partial charge in [0.05, 0.1) is 11.1 Å². The lowest BCUT2D eigenvalue weighted by atomic mass is 10.1. The molecule has 8 heteroatoms. The topological polar surface area (TPSA) is 49.9 Å². The summed E-state index contributed by atoms with van der Waals surface area (Å²) in [5, 5.41) is 0.112. The maximum absolute atomic E-state index is 12.5. The van der Waals surface area contributed by atoms with Gasteiger partial charge in [-0.1, -0.05) is 47.5 Å². The third-order valence-corrected chi connectivity index (χ3v) is 8.61. The maximum atomic E-state index is 12.5. The lowest BCUT2D eigenvalue weighted by Gasteiger charge is -2.30. The fourth-order valence-corrected chi connectivity index (χ4v) is 5.89. The smallest absolute Gasteiger partial charge is 0.244 e. The Kier molecular flexibility index (Phi) is 5.84. The first-order chi connectivity index (χ1) is 13.8. The molecule has 1 heterocycles. The molecule has 5 nitrogen and oxygen atoms in total. The first-order valence-electron chi connectivity index (χ1n) is 9.69. The van der Waals surface area contributed by atoms with Gasteiger partial charge in [0, 0.05) is 14.1 Å². The van der Waals surface area contributed by atoms with Gasteiger partial charge in [0.25, 0.3) is 0 Å². The first kappa shape index (κ1) is 20.9. The van der Waals surface area contributed by atoms with Crippen LogP contribution in [0.4, 0.5) is 0 Å². The van der Waals surface area contributed by atoms with Crippen molar-refractivity contribution in [3.8, 4) is 5.75 Å². The summed E-state index contributed by atoms with van der Waals surface area (Å²) in [4.78, 5) is 2.45. The first-order valence-corrected chi connectivity index (χ1v) is 11.9. The molecule has 2 aromatic rings. The van der Waals surface area contributed by atoms with Crippen LogP contribution in [0.15, 0.2) is 41.3 Å². The zero-order valence-electron chi connectivity index (χ0n) is 16.4. The molecule has 0 N–H and O–H groups in total. The molecule has 1 aliphatic carbocycles. The molecule has 29 heavy (non-hydrogen) atoms. The Balaban J connectivity index is 1.69. The molecule has 4 rings (SSSR count). The van der Waals surface area contributed by atoms with Crippen LogP contribution in [0.1, 0.15) is 30.1 Å². The second kappa shape index (κ2) is 8.08. The highest BCUT2D eigenvalue weighted by Gasteiger charge is 2.39. The molecule has 0 unspecified atom stereocenters. The van der Waals surface area contributed by atoms with E-state index in [9.17, 15) is 8.42 Å². The van der Waals surface area contributed by atoms with Crippen molar-refractivity contribution < 1.29 is 13.2 Å². The minimum Gasteiger partial charge on any atom is -0.482 e. The van der Waals surface area contributed by atoms with Gasteiger partial charge in [-0.15, -0.1) is 0 Å². The van der Waals surface area contributed by atoms with E-state index in [2.05, 4.69) is 17.0 Å². The summed E-state index contributed by atoms with van der Waals surface area (Å²) in [5.74, 6) is 0.403. The molecule has 1 saturated heterocycles. The molecule has 2 aromatic carbocycles. The van der Waals surface area contributed by atoms with Crippen LogP contribution in [0, 0.1) is 0 Å². The Morgan fingerprint density at radius 1 is 1.03 bits per heavy atom. The van der Waals surface area contributed by atoms with Crippen molar-refractivity contribution in [3.63, 3.8) is 0 Å². The summed E-state index contributed by atoms with van der Waals surface area (Å²) >= 11 is 12.8. The van der Waals surface area contributed by atoms with Crippen molar-refractivity contribution in [1.29, 1.82) is 0 Å². The number of rotatable bonds is 5. The summed E-state index contributed by atoms with van der Waals surface area (Å²) in [5.41, 5.74) is 2.44. The molecule has 0 amide bonds. The minimum absolute atomic E-state index is 0.0122. The Morgan fingerprint density at radius 2 is 1.72 bits per heavy atom. The standard InChI is InChI=1S/C21H24Cl2N2O3S/c1-24(2)29(26,27)18-10-9-17(19(22)20(18)23)28-21-15-8-4-3-7-14(15)13-16(21)25-11-5-6-12-25/h3-4,7-10,16,21H,5-6,11-13H2,1-2H3/t16-,21-/m1/s1. The highest BCUT2D eigenvalue weighted by molar-refractivity contribution is 7.89. The fraction of sp³-hybridized carbons (Fsp3) is 0.429. The Hall–Kier alpha value is -1.31. The van der Waals surface area contributed by atoms with Crippen LogP contribution < -0.4 is 4.74 Å². The van der Waals surface area contributed by atoms with Crippen molar-refractivity contribution in [2.24, 2.45) is 0 Å². The van der Waals surface area contributed by atoms with Crippen LogP contribution in [0.2, 0.25) is 10.0 Å². The van der Waals surface area contributed by atoms with E-state index in [1.54, 1.807) is 6.07 Å². The molecule has 0 bridgehead atoms. The second-order valence-corrected chi connectivity index (χ2v) is 10.6. The Morgan fingerprint density at radius 3 is 2.41 bits per heavy atom. The predicted octanol–water partition coefficient (Wildman–Crippen LogP) is 4.38. The van der Waals surface area contributed by atoms with E-state index in [1.165, 1.54) is 38.6 Å². The average Bonchev–Trinajstić information content (AvgIpc) is 3.33. The summed E-state index contributed by atoms with van der Waals surface area (Å²) in [6.45, 7) is 2.13. The molecule has 1 aliphatic heterocycles. The van der Waals surface area contributed by atoms with Crippen LogP contribution in [0.5, 0.6) is 5.75 Å². The minimum atomic E-state index is -3.69. The van der Waals surface area contributed by atoms with Crippen LogP contribution in [0.25, 0.3) is 0 Å². The van der Waals surface area contributed by atoms with Gasteiger partial charge in [0.15, 0.2) is 0 Å². The number of fused-ring (bicyclic) bond motifs is 1. The molecule has 0 radical (unpaired) electrons. The van der Waals surface area contributed by atoms with E-state index < -0.39 is 10.0 Å². The second-order valence-electron chi connectivity index (χ2n) is 7.73. The van der Waals surface area contributed by atoms with Crippen LogP contribution in [0.3, 0.4) is 0 Å². The van der Waals surface area contributed by atoms with Crippen molar-refractivity contribution >= 4 is 33.2 Å². The number of hydrogen-bond donors (Lipinski definition) is 0. The highest BCUT2D eigenvalue weighted by Crippen LogP contribution is 2.43. The van der Waals surface area contributed by atoms with Gasteiger partial charge < -0.3 is 4.74 Å². The zero-order chi connectivity index (χ0) is 20.8. The Labute approximate surface area is 182 Å². The zero-order valence-corrected chi connectivity index (χ0v) is 18.8. The van der Waals surface area contributed by atoms with Gasteiger partial charge in [-0.3, -0.25) is 4.90 Å². The number of hydrogen-bond acceptors (Lipinski definition) is 4. The number of benzene rings is 2. The van der Waals surface area contributed by atoms with Gasteiger partial charge in [0.1, 0.15) is 21.8 Å². The Bertz CT molecular complexity index is 1020. The average molecular weight is 455 g/mol. The molecule has 156 valence electrons.